The standard InChI is InChI=1S/C29H31N5O2/c1-29(2,3)21-9-4-19(5-10-21)6-13-24-26-23(28(36)34-16-14-30-15-17-34)18-25(31-27(26)33-32-24)20-7-11-22(35)12-8-20/h4-13,18,30,35H,14-17H2,1-3H3,(H,31,32,33). The number of aromatic hydroxyl groups is 1. The average Bonchev–Trinajstić information content (AvgIpc) is 3.30. The van der Waals surface area contributed by atoms with Gasteiger partial charge in [0.2, 0.25) is 0 Å². The van der Waals surface area contributed by atoms with E-state index in [2.05, 4.69) is 60.6 Å². The topological polar surface area (TPSA) is 94.1 Å². The van der Waals surface area contributed by atoms with Gasteiger partial charge in [-0.05, 0) is 52.9 Å². The number of carbonyl (C=O) groups is 1. The van der Waals surface area contributed by atoms with Crippen molar-refractivity contribution in [3.63, 3.8) is 0 Å². The summed E-state index contributed by atoms with van der Waals surface area (Å²) in [6.07, 6.45) is 3.94. The summed E-state index contributed by atoms with van der Waals surface area (Å²) in [5.41, 5.74) is 5.70. The number of pyridine rings is 1. The lowest BCUT2D eigenvalue weighted by Crippen LogP contribution is -2.46. The lowest BCUT2D eigenvalue weighted by Gasteiger charge is -2.27. The molecule has 4 aromatic rings. The minimum absolute atomic E-state index is 0.0329. The maximum Gasteiger partial charge on any atom is 0.254 e. The van der Waals surface area contributed by atoms with Gasteiger partial charge in [0.25, 0.3) is 5.91 Å². The van der Waals surface area contributed by atoms with Gasteiger partial charge in [-0.15, -0.1) is 0 Å². The first-order chi connectivity index (χ1) is 17.3. The van der Waals surface area contributed by atoms with Gasteiger partial charge >= 0.3 is 0 Å². The number of fused-ring (bicyclic) bond motifs is 1. The lowest BCUT2D eigenvalue weighted by molar-refractivity contribution is 0.0737. The molecule has 5 rings (SSSR count). The van der Waals surface area contributed by atoms with E-state index in [1.165, 1.54) is 5.56 Å². The molecule has 0 radical (unpaired) electrons. The number of amides is 1. The first-order valence-corrected chi connectivity index (χ1v) is 12.3. The molecule has 36 heavy (non-hydrogen) atoms. The third kappa shape index (κ3) is 4.88. The molecular weight excluding hydrogens is 450 g/mol. The molecule has 184 valence electrons. The van der Waals surface area contributed by atoms with E-state index in [1.54, 1.807) is 24.3 Å². The van der Waals surface area contributed by atoms with Gasteiger partial charge in [0.05, 0.1) is 22.3 Å². The number of carbonyl (C=O) groups excluding carboxylic acids is 1. The number of nitrogens with one attached hydrogen (secondary N) is 2. The molecule has 3 N–H and O–H groups in total. The summed E-state index contributed by atoms with van der Waals surface area (Å²) < 4.78 is 0. The highest BCUT2D eigenvalue weighted by Gasteiger charge is 2.24. The van der Waals surface area contributed by atoms with E-state index in [-0.39, 0.29) is 17.1 Å². The second-order valence-corrected chi connectivity index (χ2v) is 10.2. The second kappa shape index (κ2) is 9.59. The Morgan fingerprint density at radius 2 is 1.69 bits per heavy atom. The van der Waals surface area contributed by atoms with Crippen molar-refractivity contribution in [1.29, 1.82) is 0 Å². The molecule has 7 nitrogen and oxygen atoms in total. The van der Waals surface area contributed by atoms with E-state index < -0.39 is 0 Å². The van der Waals surface area contributed by atoms with Crippen LogP contribution in [0.25, 0.3) is 34.4 Å². The number of nitrogens with zero attached hydrogens (tertiary/aromatic N) is 3. The van der Waals surface area contributed by atoms with Crippen LogP contribution in [0, 0.1) is 0 Å². The largest absolute Gasteiger partial charge is 0.508 e. The van der Waals surface area contributed by atoms with Gasteiger partial charge in [-0.1, -0.05) is 51.1 Å². The molecule has 0 saturated carbocycles. The predicted molar refractivity (Wildman–Crippen MR) is 144 cm³/mol. The zero-order valence-corrected chi connectivity index (χ0v) is 20.9. The van der Waals surface area contributed by atoms with E-state index >= 15 is 0 Å². The minimum atomic E-state index is -0.0329. The zero-order chi connectivity index (χ0) is 25.3. The van der Waals surface area contributed by atoms with Crippen molar-refractivity contribution in [3.05, 3.63) is 77.0 Å². The van der Waals surface area contributed by atoms with Crippen LogP contribution in [0.5, 0.6) is 5.75 Å². The van der Waals surface area contributed by atoms with E-state index in [9.17, 15) is 9.90 Å². The fraction of sp³-hybridized carbons (Fsp3) is 0.276. The first-order valence-electron chi connectivity index (χ1n) is 12.3. The average molecular weight is 482 g/mol. The number of H-pyrrole nitrogens is 1. The number of hydrogen-bond donors (Lipinski definition) is 3. The van der Waals surface area contributed by atoms with Crippen molar-refractivity contribution in [1.82, 2.24) is 25.4 Å². The normalized spacial score (nSPS) is 14.6. The second-order valence-electron chi connectivity index (χ2n) is 10.2. The number of aromatic nitrogens is 3. The Kier molecular flexibility index (Phi) is 6.33. The summed E-state index contributed by atoms with van der Waals surface area (Å²) in [5.74, 6) is 0.149. The molecule has 0 bridgehead atoms. The summed E-state index contributed by atoms with van der Waals surface area (Å²) in [6, 6.07) is 17.1. The summed E-state index contributed by atoms with van der Waals surface area (Å²) in [5, 5.41) is 21.2. The Bertz CT molecular complexity index is 1410. The summed E-state index contributed by atoms with van der Waals surface area (Å²) in [6.45, 7) is 9.44. The monoisotopic (exact) mass is 481 g/mol. The van der Waals surface area contributed by atoms with Crippen molar-refractivity contribution in [2.24, 2.45) is 0 Å². The van der Waals surface area contributed by atoms with Crippen LogP contribution in [-0.2, 0) is 5.41 Å². The summed E-state index contributed by atoms with van der Waals surface area (Å²) in [7, 11) is 0. The van der Waals surface area contributed by atoms with Crippen LogP contribution in [0.2, 0.25) is 0 Å². The van der Waals surface area contributed by atoms with Crippen molar-refractivity contribution in [2.45, 2.75) is 26.2 Å². The van der Waals surface area contributed by atoms with Gasteiger partial charge in [-0.2, -0.15) is 5.10 Å². The molecule has 3 heterocycles. The Balaban J connectivity index is 1.56. The number of phenolic OH excluding ortho intramolecular Hbond substituents is 1. The number of piperazine rings is 1. The molecule has 2 aromatic heterocycles. The highest BCUT2D eigenvalue weighted by atomic mass is 16.3. The minimum Gasteiger partial charge on any atom is -0.508 e. The van der Waals surface area contributed by atoms with Crippen LogP contribution in [0.1, 0.15) is 48.0 Å². The van der Waals surface area contributed by atoms with Crippen molar-refractivity contribution < 1.29 is 9.90 Å². The molecule has 0 aliphatic carbocycles. The fourth-order valence-corrected chi connectivity index (χ4v) is 4.43. The van der Waals surface area contributed by atoms with Crippen LogP contribution >= 0.6 is 0 Å². The van der Waals surface area contributed by atoms with Crippen molar-refractivity contribution in [3.8, 4) is 17.0 Å². The van der Waals surface area contributed by atoms with Gasteiger partial charge in [-0.25, -0.2) is 4.98 Å². The smallest absolute Gasteiger partial charge is 0.254 e. The Hall–Kier alpha value is -3.97. The number of hydrogen-bond acceptors (Lipinski definition) is 5. The number of phenols is 1. The van der Waals surface area contributed by atoms with Gasteiger partial charge < -0.3 is 15.3 Å². The molecule has 0 spiro atoms. The molecule has 7 heteroatoms. The third-order valence-corrected chi connectivity index (χ3v) is 6.57. The molecular formula is C29H31N5O2. The van der Waals surface area contributed by atoms with Crippen LogP contribution in [0.3, 0.4) is 0 Å². The van der Waals surface area contributed by atoms with Crippen LogP contribution in [0.15, 0.2) is 54.6 Å². The fourth-order valence-electron chi connectivity index (χ4n) is 4.43. The molecule has 0 atom stereocenters. The van der Waals surface area contributed by atoms with Gasteiger partial charge in [0.1, 0.15) is 5.75 Å². The Labute approximate surface area is 210 Å². The van der Waals surface area contributed by atoms with Crippen LogP contribution in [-0.4, -0.2) is 57.3 Å². The molecule has 0 unspecified atom stereocenters. The molecule has 1 saturated heterocycles. The maximum atomic E-state index is 13.7. The Morgan fingerprint density at radius 3 is 2.36 bits per heavy atom. The highest BCUT2D eigenvalue weighted by Crippen LogP contribution is 2.29. The maximum absolute atomic E-state index is 13.7. The van der Waals surface area contributed by atoms with E-state index in [0.29, 0.717) is 41.1 Å². The lowest BCUT2D eigenvalue weighted by atomic mass is 9.87. The van der Waals surface area contributed by atoms with Gasteiger partial charge in [0, 0.05) is 31.7 Å². The highest BCUT2D eigenvalue weighted by molar-refractivity contribution is 6.09. The SMILES string of the molecule is CC(C)(C)c1ccc(C=Cc2n[nH]c3nc(-c4ccc(O)cc4)cc(C(=O)N4CCNCC4)c23)cc1. The van der Waals surface area contributed by atoms with Crippen molar-refractivity contribution >= 4 is 29.1 Å². The predicted octanol–water partition coefficient (Wildman–Crippen LogP) is 4.84. The van der Waals surface area contributed by atoms with Crippen molar-refractivity contribution in [2.75, 3.05) is 26.2 Å². The summed E-state index contributed by atoms with van der Waals surface area (Å²) in [4.78, 5) is 20.3. The molecule has 1 fully saturated rings. The zero-order valence-electron chi connectivity index (χ0n) is 20.9. The van der Waals surface area contributed by atoms with Gasteiger partial charge in [0.15, 0.2) is 5.65 Å². The third-order valence-electron chi connectivity index (χ3n) is 6.57. The summed E-state index contributed by atoms with van der Waals surface area (Å²) >= 11 is 0. The first kappa shape index (κ1) is 23.8. The molecule has 1 aliphatic rings. The van der Waals surface area contributed by atoms with Gasteiger partial charge in [-0.3, -0.25) is 9.89 Å². The molecule has 1 aliphatic heterocycles. The van der Waals surface area contributed by atoms with E-state index in [0.717, 1.165) is 24.2 Å². The number of benzene rings is 2. The molecule has 2 aromatic carbocycles. The number of aromatic amines is 1. The molecule has 1 amide bonds. The Morgan fingerprint density at radius 1 is 1.00 bits per heavy atom. The number of rotatable bonds is 4. The van der Waals surface area contributed by atoms with Crippen LogP contribution in [0.4, 0.5) is 0 Å². The van der Waals surface area contributed by atoms with Crippen LogP contribution < -0.4 is 5.32 Å². The van der Waals surface area contributed by atoms with E-state index in [1.807, 2.05) is 23.1 Å². The van der Waals surface area contributed by atoms with E-state index in [4.69, 9.17) is 4.98 Å². The quantitative estimate of drug-likeness (QED) is 0.388.